The monoisotopic (exact) mass is 435 g/mol. The third-order valence-corrected chi connectivity index (χ3v) is 7.12. The minimum atomic E-state index is -3.59. The van der Waals surface area contributed by atoms with Crippen molar-refractivity contribution in [2.24, 2.45) is 0 Å². The Hall–Kier alpha value is -2.36. The number of carbonyl (C=O) groups excluding carboxylic acids is 1. The number of fused-ring (bicyclic) bond motifs is 1. The number of hydrogen-bond acceptors (Lipinski definition) is 5. The molecule has 9 heteroatoms. The zero-order valence-electron chi connectivity index (χ0n) is 16.2. The van der Waals surface area contributed by atoms with E-state index >= 15 is 0 Å². The summed E-state index contributed by atoms with van der Waals surface area (Å²) >= 11 is 1.17. The molecule has 3 rings (SSSR count). The van der Waals surface area contributed by atoms with Crippen molar-refractivity contribution in [3.63, 3.8) is 0 Å². The fourth-order valence-corrected chi connectivity index (χ4v) is 5.41. The number of sulfonamides is 1. The molecule has 0 saturated carbocycles. The minimum absolute atomic E-state index is 0.159. The van der Waals surface area contributed by atoms with Gasteiger partial charge in [-0.25, -0.2) is 17.8 Å². The van der Waals surface area contributed by atoms with Crippen molar-refractivity contribution in [2.75, 3.05) is 18.4 Å². The van der Waals surface area contributed by atoms with Crippen molar-refractivity contribution in [3.8, 4) is 0 Å². The second-order valence-electron chi connectivity index (χ2n) is 6.51. The van der Waals surface area contributed by atoms with E-state index in [1.807, 2.05) is 13.8 Å². The number of amides is 1. The molecule has 0 fully saturated rings. The van der Waals surface area contributed by atoms with E-state index in [2.05, 4.69) is 10.3 Å². The van der Waals surface area contributed by atoms with Crippen molar-refractivity contribution >= 4 is 42.6 Å². The van der Waals surface area contributed by atoms with Crippen LogP contribution in [0.3, 0.4) is 0 Å². The van der Waals surface area contributed by atoms with Crippen LogP contribution < -0.4 is 5.32 Å². The second kappa shape index (κ2) is 8.98. The van der Waals surface area contributed by atoms with Gasteiger partial charge in [0.2, 0.25) is 10.0 Å². The largest absolute Gasteiger partial charge is 0.298 e. The number of rotatable bonds is 8. The maximum Gasteiger partial charge on any atom is 0.257 e. The van der Waals surface area contributed by atoms with Crippen molar-refractivity contribution in [2.45, 2.75) is 31.6 Å². The minimum Gasteiger partial charge on any atom is -0.298 e. The maximum atomic E-state index is 13.3. The molecular formula is C20H22FN3O3S2. The van der Waals surface area contributed by atoms with Gasteiger partial charge in [0.15, 0.2) is 5.13 Å². The lowest BCUT2D eigenvalue weighted by molar-refractivity contribution is 0.102. The molecule has 1 heterocycles. The van der Waals surface area contributed by atoms with Crippen molar-refractivity contribution < 1.29 is 17.6 Å². The zero-order valence-corrected chi connectivity index (χ0v) is 17.8. The third-order valence-electron chi connectivity index (χ3n) is 4.27. The van der Waals surface area contributed by atoms with Crippen molar-refractivity contribution in [1.29, 1.82) is 0 Å². The Morgan fingerprint density at radius 2 is 1.76 bits per heavy atom. The molecule has 0 bridgehead atoms. The molecule has 2 aromatic carbocycles. The average Bonchev–Trinajstić information content (AvgIpc) is 3.09. The Morgan fingerprint density at radius 1 is 1.10 bits per heavy atom. The van der Waals surface area contributed by atoms with Crippen LogP contribution in [0.4, 0.5) is 9.52 Å². The van der Waals surface area contributed by atoms with Crippen molar-refractivity contribution in [1.82, 2.24) is 9.29 Å². The molecule has 1 amide bonds. The van der Waals surface area contributed by atoms with E-state index in [1.54, 1.807) is 6.07 Å². The van der Waals surface area contributed by atoms with E-state index in [4.69, 9.17) is 0 Å². The highest BCUT2D eigenvalue weighted by atomic mass is 32.2. The fourth-order valence-electron chi connectivity index (χ4n) is 2.90. The van der Waals surface area contributed by atoms with Crippen LogP contribution in [0.1, 0.15) is 37.0 Å². The molecular weight excluding hydrogens is 413 g/mol. The SMILES string of the molecule is CCCN(CCC)S(=O)(=O)c1ccc(C(=O)Nc2nc3ccc(F)cc3s2)cc1. The number of benzene rings is 2. The molecule has 0 aliphatic carbocycles. The summed E-state index contributed by atoms with van der Waals surface area (Å²) in [5.74, 6) is -0.775. The van der Waals surface area contributed by atoms with Crippen LogP contribution in [0.15, 0.2) is 47.4 Å². The predicted molar refractivity (Wildman–Crippen MR) is 113 cm³/mol. The molecule has 0 unspecified atom stereocenters. The molecule has 1 aromatic heterocycles. The highest BCUT2D eigenvalue weighted by molar-refractivity contribution is 7.89. The number of nitrogens with zero attached hydrogens (tertiary/aromatic N) is 2. The number of anilines is 1. The van der Waals surface area contributed by atoms with E-state index in [0.29, 0.717) is 34.0 Å². The van der Waals surface area contributed by atoms with Gasteiger partial charge in [-0.15, -0.1) is 0 Å². The van der Waals surface area contributed by atoms with E-state index in [-0.39, 0.29) is 10.7 Å². The first-order valence-corrected chi connectivity index (χ1v) is 11.6. The summed E-state index contributed by atoms with van der Waals surface area (Å²) < 4.78 is 41.0. The first-order chi connectivity index (χ1) is 13.8. The van der Waals surface area contributed by atoms with Crippen LogP contribution in [0.5, 0.6) is 0 Å². The van der Waals surface area contributed by atoms with E-state index in [9.17, 15) is 17.6 Å². The molecule has 1 N–H and O–H groups in total. The molecule has 0 saturated heterocycles. The van der Waals surface area contributed by atoms with Crippen LogP contribution >= 0.6 is 11.3 Å². The summed E-state index contributed by atoms with van der Waals surface area (Å²) in [4.78, 5) is 16.9. The van der Waals surface area contributed by atoms with E-state index in [1.165, 1.54) is 52.0 Å². The van der Waals surface area contributed by atoms with Crippen LogP contribution in [-0.4, -0.2) is 36.7 Å². The summed E-state index contributed by atoms with van der Waals surface area (Å²) in [6, 6.07) is 10.1. The van der Waals surface area contributed by atoms with Gasteiger partial charge in [0.05, 0.1) is 15.1 Å². The molecule has 0 aliphatic rings. The first-order valence-electron chi connectivity index (χ1n) is 9.32. The van der Waals surface area contributed by atoms with Gasteiger partial charge in [-0.1, -0.05) is 25.2 Å². The lowest BCUT2D eigenvalue weighted by Crippen LogP contribution is -2.32. The van der Waals surface area contributed by atoms with Gasteiger partial charge in [0.25, 0.3) is 5.91 Å². The number of aromatic nitrogens is 1. The lowest BCUT2D eigenvalue weighted by atomic mass is 10.2. The number of hydrogen-bond donors (Lipinski definition) is 1. The summed E-state index contributed by atoms with van der Waals surface area (Å²) in [5, 5.41) is 3.03. The third kappa shape index (κ3) is 4.80. The van der Waals surface area contributed by atoms with Gasteiger partial charge in [0, 0.05) is 18.7 Å². The Labute approximate surface area is 173 Å². The molecule has 29 heavy (non-hydrogen) atoms. The number of nitrogens with one attached hydrogen (secondary N) is 1. The van der Waals surface area contributed by atoms with Crippen LogP contribution in [0.2, 0.25) is 0 Å². The van der Waals surface area contributed by atoms with Gasteiger partial charge in [0.1, 0.15) is 5.82 Å². The first kappa shape index (κ1) is 21.4. The number of carbonyl (C=O) groups is 1. The molecule has 0 aliphatic heterocycles. The van der Waals surface area contributed by atoms with Crippen LogP contribution in [0, 0.1) is 5.82 Å². The number of halogens is 1. The van der Waals surface area contributed by atoms with Gasteiger partial charge >= 0.3 is 0 Å². The summed E-state index contributed by atoms with van der Waals surface area (Å²) in [6.07, 6.45) is 1.46. The molecule has 0 atom stereocenters. The molecule has 6 nitrogen and oxygen atoms in total. The van der Waals surface area contributed by atoms with Gasteiger partial charge in [-0.2, -0.15) is 4.31 Å². The van der Waals surface area contributed by atoms with Crippen molar-refractivity contribution in [3.05, 3.63) is 53.8 Å². The van der Waals surface area contributed by atoms with E-state index < -0.39 is 15.9 Å². The van der Waals surface area contributed by atoms with E-state index in [0.717, 1.165) is 12.8 Å². The maximum absolute atomic E-state index is 13.3. The second-order valence-corrected chi connectivity index (χ2v) is 9.48. The molecule has 3 aromatic rings. The van der Waals surface area contributed by atoms with Crippen LogP contribution in [0.25, 0.3) is 10.2 Å². The average molecular weight is 436 g/mol. The smallest absolute Gasteiger partial charge is 0.257 e. The highest BCUT2D eigenvalue weighted by Crippen LogP contribution is 2.27. The Morgan fingerprint density at radius 3 is 2.38 bits per heavy atom. The fraction of sp³-hybridized carbons (Fsp3) is 0.300. The van der Waals surface area contributed by atoms with Gasteiger partial charge in [-0.05, 0) is 55.3 Å². The molecule has 0 radical (unpaired) electrons. The summed E-state index contributed by atoms with van der Waals surface area (Å²) in [7, 11) is -3.59. The molecule has 0 spiro atoms. The predicted octanol–water partition coefficient (Wildman–Crippen LogP) is 4.50. The standard InChI is InChI=1S/C20H22FN3O3S2/c1-3-11-24(12-4-2)29(26,27)16-8-5-14(6-9-16)19(25)23-20-22-17-10-7-15(21)13-18(17)28-20/h5-10,13H,3-4,11-12H2,1-2H3,(H,22,23,25). The van der Waals surface area contributed by atoms with Crippen LogP contribution in [-0.2, 0) is 10.0 Å². The normalized spacial score (nSPS) is 11.9. The summed E-state index contributed by atoms with van der Waals surface area (Å²) in [5.41, 5.74) is 0.909. The number of thiazole rings is 1. The van der Waals surface area contributed by atoms with Gasteiger partial charge in [-0.3, -0.25) is 10.1 Å². The Bertz CT molecular complexity index is 1110. The van der Waals surface area contributed by atoms with Gasteiger partial charge < -0.3 is 0 Å². The summed E-state index contributed by atoms with van der Waals surface area (Å²) in [6.45, 7) is 4.78. The Balaban J connectivity index is 1.77. The highest BCUT2D eigenvalue weighted by Gasteiger charge is 2.23. The Kier molecular flexibility index (Phi) is 6.61. The lowest BCUT2D eigenvalue weighted by Gasteiger charge is -2.21. The topological polar surface area (TPSA) is 79.4 Å². The quantitative estimate of drug-likeness (QED) is 0.565. The molecule has 154 valence electrons. The zero-order chi connectivity index (χ0) is 21.0.